The van der Waals surface area contributed by atoms with Crippen LogP contribution in [0.3, 0.4) is 0 Å². The van der Waals surface area contributed by atoms with Crippen LogP contribution >= 0.6 is 11.6 Å². The fourth-order valence-electron chi connectivity index (χ4n) is 1.36. The lowest BCUT2D eigenvalue weighted by Crippen LogP contribution is -2.13. The molecule has 0 saturated carbocycles. The highest BCUT2D eigenvalue weighted by Gasteiger charge is 2.11. The van der Waals surface area contributed by atoms with Crippen molar-refractivity contribution in [3.05, 3.63) is 44.7 Å². The highest BCUT2D eigenvalue weighted by molar-refractivity contribution is 6.32. The van der Waals surface area contributed by atoms with Crippen molar-refractivity contribution in [2.75, 3.05) is 11.3 Å². The summed E-state index contributed by atoms with van der Waals surface area (Å²) in [5.74, 6) is 6.38. The van der Waals surface area contributed by atoms with Gasteiger partial charge in [-0.25, -0.2) is 10.1 Å². The standard InChI is InChI=1S/C10H10ClN7O2/c1-6-14-16-10(17(6)12)15-13-5-7-2-3-8(11)9(4-7)18(19)20/h2-5H,12H2,1H3,(H,15,16). The van der Waals surface area contributed by atoms with E-state index >= 15 is 0 Å². The van der Waals surface area contributed by atoms with Crippen LogP contribution in [0.1, 0.15) is 11.4 Å². The molecule has 1 heterocycles. The Bertz CT molecular complexity index is 682. The maximum Gasteiger partial charge on any atom is 0.288 e. The van der Waals surface area contributed by atoms with Crippen molar-refractivity contribution >= 4 is 29.5 Å². The first-order valence-corrected chi connectivity index (χ1v) is 5.77. The van der Waals surface area contributed by atoms with Crippen molar-refractivity contribution in [2.45, 2.75) is 6.92 Å². The van der Waals surface area contributed by atoms with E-state index < -0.39 is 4.92 Å². The lowest BCUT2D eigenvalue weighted by Gasteiger charge is -2.00. The van der Waals surface area contributed by atoms with Crippen LogP contribution in [0.25, 0.3) is 0 Å². The monoisotopic (exact) mass is 295 g/mol. The van der Waals surface area contributed by atoms with Crippen LogP contribution in [-0.2, 0) is 0 Å². The average molecular weight is 296 g/mol. The average Bonchev–Trinajstić information content (AvgIpc) is 2.72. The number of anilines is 1. The van der Waals surface area contributed by atoms with Crippen LogP contribution in [0.5, 0.6) is 0 Å². The Balaban J connectivity index is 2.14. The molecular weight excluding hydrogens is 286 g/mol. The van der Waals surface area contributed by atoms with Crippen LogP contribution in [0, 0.1) is 17.0 Å². The zero-order valence-electron chi connectivity index (χ0n) is 10.3. The number of hydrogen-bond donors (Lipinski definition) is 2. The summed E-state index contributed by atoms with van der Waals surface area (Å²) in [4.78, 5) is 10.2. The second kappa shape index (κ2) is 5.53. The number of rotatable bonds is 4. The van der Waals surface area contributed by atoms with E-state index in [1.54, 1.807) is 13.0 Å². The predicted molar refractivity (Wildman–Crippen MR) is 74.2 cm³/mol. The van der Waals surface area contributed by atoms with Crippen molar-refractivity contribution in [1.29, 1.82) is 0 Å². The fourth-order valence-corrected chi connectivity index (χ4v) is 1.55. The summed E-state index contributed by atoms with van der Waals surface area (Å²) in [6, 6.07) is 4.33. The van der Waals surface area contributed by atoms with Crippen molar-refractivity contribution in [3.8, 4) is 0 Å². The summed E-state index contributed by atoms with van der Waals surface area (Å²) in [5, 5.41) is 22.2. The van der Waals surface area contributed by atoms with Gasteiger partial charge in [-0.15, -0.1) is 10.2 Å². The molecule has 3 N–H and O–H groups in total. The van der Waals surface area contributed by atoms with Gasteiger partial charge in [-0.05, 0) is 13.0 Å². The number of nitrogens with one attached hydrogen (secondary N) is 1. The summed E-state index contributed by atoms with van der Waals surface area (Å²) in [7, 11) is 0. The summed E-state index contributed by atoms with van der Waals surface area (Å²) >= 11 is 5.70. The van der Waals surface area contributed by atoms with Crippen LogP contribution in [0.4, 0.5) is 11.6 Å². The Morgan fingerprint density at radius 3 is 2.90 bits per heavy atom. The molecular formula is C10H10ClN7O2. The quantitative estimate of drug-likeness (QED) is 0.379. The van der Waals surface area contributed by atoms with Crippen molar-refractivity contribution in [2.24, 2.45) is 5.10 Å². The second-order valence-corrected chi connectivity index (χ2v) is 4.19. The van der Waals surface area contributed by atoms with Gasteiger partial charge in [0, 0.05) is 11.6 Å². The molecule has 0 aliphatic carbocycles. The number of nitro benzene ring substituents is 1. The summed E-state index contributed by atoms with van der Waals surface area (Å²) in [6.45, 7) is 1.68. The number of aryl methyl sites for hydroxylation is 1. The molecule has 1 aromatic heterocycles. The van der Waals surface area contributed by atoms with Gasteiger partial charge in [0.15, 0.2) is 5.82 Å². The Kier molecular flexibility index (Phi) is 3.80. The molecule has 0 atom stereocenters. The third kappa shape index (κ3) is 2.83. The van der Waals surface area contributed by atoms with E-state index in [9.17, 15) is 10.1 Å². The van der Waals surface area contributed by atoms with Crippen LogP contribution in [0.2, 0.25) is 5.02 Å². The van der Waals surface area contributed by atoms with E-state index in [0.29, 0.717) is 11.4 Å². The molecule has 20 heavy (non-hydrogen) atoms. The number of aromatic nitrogens is 3. The molecule has 1 aromatic carbocycles. The molecule has 10 heteroatoms. The number of nitrogens with two attached hydrogens (primary N) is 1. The largest absolute Gasteiger partial charge is 0.335 e. The van der Waals surface area contributed by atoms with Gasteiger partial charge < -0.3 is 5.84 Å². The Hall–Kier alpha value is -2.68. The van der Waals surface area contributed by atoms with Gasteiger partial charge in [-0.2, -0.15) is 5.10 Å². The fraction of sp³-hybridized carbons (Fsp3) is 0.100. The molecule has 0 amide bonds. The van der Waals surface area contributed by atoms with Crippen LogP contribution < -0.4 is 11.3 Å². The van der Waals surface area contributed by atoms with E-state index in [0.717, 1.165) is 0 Å². The molecule has 0 bridgehead atoms. The van der Waals surface area contributed by atoms with E-state index in [-0.39, 0.29) is 16.7 Å². The van der Waals surface area contributed by atoms with Gasteiger partial charge in [0.05, 0.1) is 11.1 Å². The maximum absolute atomic E-state index is 10.7. The third-order valence-electron chi connectivity index (χ3n) is 2.41. The Morgan fingerprint density at radius 2 is 2.30 bits per heavy atom. The number of hydrazone groups is 1. The Labute approximate surface area is 118 Å². The molecule has 0 aliphatic rings. The zero-order chi connectivity index (χ0) is 14.7. The van der Waals surface area contributed by atoms with Crippen molar-refractivity contribution < 1.29 is 4.92 Å². The van der Waals surface area contributed by atoms with Gasteiger partial charge in [0.25, 0.3) is 11.6 Å². The highest BCUT2D eigenvalue weighted by atomic mass is 35.5. The molecule has 0 aliphatic heterocycles. The normalized spacial score (nSPS) is 10.9. The van der Waals surface area contributed by atoms with Gasteiger partial charge in [0.2, 0.25) is 0 Å². The first-order valence-electron chi connectivity index (χ1n) is 5.39. The second-order valence-electron chi connectivity index (χ2n) is 3.78. The molecule has 0 radical (unpaired) electrons. The zero-order valence-corrected chi connectivity index (χ0v) is 11.1. The van der Waals surface area contributed by atoms with Crippen LogP contribution in [0.15, 0.2) is 23.3 Å². The minimum absolute atomic E-state index is 0.0671. The topological polar surface area (TPSA) is 124 Å². The SMILES string of the molecule is Cc1nnc(NN=Cc2ccc(Cl)c([N+](=O)[O-])c2)n1N. The molecule has 104 valence electrons. The minimum Gasteiger partial charge on any atom is -0.335 e. The van der Waals surface area contributed by atoms with Gasteiger partial charge in [-0.1, -0.05) is 17.7 Å². The smallest absolute Gasteiger partial charge is 0.288 e. The number of nitrogen functional groups attached to an aromatic ring is 1. The molecule has 2 aromatic rings. The van der Waals surface area contributed by atoms with Gasteiger partial charge in [-0.3, -0.25) is 10.1 Å². The van der Waals surface area contributed by atoms with Crippen molar-refractivity contribution in [1.82, 2.24) is 14.9 Å². The lowest BCUT2D eigenvalue weighted by molar-refractivity contribution is -0.384. The molecule has 0 fully saturated rings. The Morgan fingerprint density at radius 1 is 1.55 bits per heavy atom. The minimum atomic E-state index is -0.563. The third-order valence-corrected chi connectivity index (χ3v) is 2.73. The summed E-state index contributed by atoms with van der Waals surface area (Å²) in [6.07, 6.45) is 1.38. The first-order chi connectivity index (χ1) is 9.49. The molecule has 9 nitrogen and oxygen atoms in total. The molecule has 0 unspecified atom stereocenters. The maximum atomic E-state index is 10.7. The van der Waals surface area contributed by atoms with Gasteiger partial charge in [0.1, 0.15) is 5.02 Å². The van der Waals surface area contributed by atoms with Crippen molar-refractivity contribution in [3.63, 3.8) is 0 Å². The number of benzene rings is 1. The van der Waals surface area contributed by atoms with E-state index in [2.05, 4.69) is 20.7 Å². The summed E-state index contributed by atoms with van der Waals surface area (Å²) < 4.78 is 1.22. The number of nitro groups is 1. The van der Waals surface area contributed by atoms with Crippen LogP contribution in [-0.4, -0.2) is 26.0 Å². The first kappa shape index (κ1) is 13.7. The molecule has 2 rings (SSSR count). The van der Waals surface area contributed by atoms with E-state index in [1.807, 2.05) is 0 Å². The predicted octanol–water partition coefficient (Wildman–Crippen LogP) is 1.31. The van der Waals surface area contributed by atoms with E-state index in [1.165, 1.54) is 23.0 Å². The number of halogens is 1. The van der Waals surface area contributed by atoms with E-state index in [4.69, 9.17) is 17.4 Å². The highest BCUT2D eigenvalue weighted by Crippen LogP contribution is 2.24. The molecule has 0 spiro atoms. The number of nitrogens with zero attached hydrogens (tertiary/aromatic N) is 5. The van der Waals surface area contributed by atoms with Gasteiger partial charge >= 0.3 is 0 Å². The number of hydrogen-bond acceptors (Lipinski definition) is 7. The molecule has 0 saturated heterocycles. The lowest BCUT2D eigenvalue weighted by atomic mass is 10.2. The summed E-state index contributed by atoms with van der Waals surface area (Å²) in [5.41, 5.74) is 2.90.